The minimum absolute atomic E-state index is 0.0642. The molecule has 96 valence electrons. The van der Waals surface area contributed by atoms with Gasteiger partial charge in [-0.05, 0) is 31.0 Å². The van der Waals surface area contributed by atoms with E-state index in [1.54, 1.807) is 14.1 Å². The fraction of sp³-hybridized carbons (Fsp3) is 0.385. The Bertz CT molecular complexity index is 665. The molecule has 0 aliphatic rings. The monoisotopic (exact) mass is 247 g/mol. The van der Waals surface area contributed by atoms with E-state index in [4.69, 9.17) is 0 Å². The van der Waals surface area contributed by atoms with E-state index < -0.39 is 0 Å². The van der Waals surface area contributed by atoms with Gasteiger partial charge >= 0.3 is 5.69 Å². The van der Waals surface area contributed by atoms with E-state index in [-0.39, 0.29) is 18.1 Å². The fourth-order valence-corrected chi connectivity index (χ4v) is 2.04. The molecule has 0 bridgehead atoms. The van der Waals surface area contributed by atoms with Gasteiger partial charge in [0, 0.05) is 14.1 Å². The van der Waals surface area contributed by atoms with Gasteiger partial charge in [-0.25, -0.2) is 4.79 Å². The number of amides is 1. The number of H-pyrrole nitrogens is 1. The molecular weight excluding hydrogens is 230 g/mol. The van der Waals surface area contributed by atoms with Crippen LogP contribution in [0.3, 0.4) is 0 Å². The lowest BCUT2D eigenvalue weighted by molar-refractivity contribution is -0.129. The Balaban J connectivity index is 2.60. The number of nitrogens with zero attached hydrogens (tertiary/aromatic N) is 2. The second-order valence-corrected chi connectivity index (χ2v) is 4.78. The van der Waals surface area contributed by atoms with Gasteiger partial charge in [0.05, 0.1) is 11.0 Å². The second-order valence-electron chi connectivity index (χ2n) is 4.78. The quantitative estimate of drug-likeness (QED) is 0.861. The van der Waals surface area contributed by atoms with Crippen molar-refractivity contribution >= 4 is 16.9 Å². The van der Waals surface area contributed by atoms with Crippen LogP contribution in [0.25, 0.3) is 11.0 Å². The van der Waals surface area contributed by atoms with Gasteiger partial charge in [0.25, 0.3) is 0 Å². The Morgan fingerprint density at radius 3 is 2.61 bits per heavy atom. The van der Waals surface area contributed by atoms with E-state index in [1.165, 1.54) is 9.47 Å². The first kappa shape index (κ1) is 12.4. The molecule has 0 unspecified atom stereocenters. The molecule has 2 aromatic rings. The predicted octanol–water partition coefficient (Wildman–Crippen LogP) is 1.03. The van der Waals surface area contributed by atoms with Crippen molar-refractivity contribution in [3.8, 4) is 0 Å². The number of nitrogens with one attached hydrogen (secondary N) is 1. The number of hydrogen-bond acceptors (Lipinski definition) is 2. The molecule has 2 rings (SSSR count). The second kappa shape index (κ2) is 4.33. The van der Waals surface area contributed by atoms with Crippen LogP contribution in [0.2, 0.25) is 0 Å². The lowest BCUT2D eigenvalue weighted by Crippen LogP contribution is -2.30. The molecule has 0 fully saturated rings. The molecule has 1 heterocycles. The summed E-state index contributed by atoms with van der Waals surface area (Å²) in [5, 5.41) is 0. The van der Waals surface area contributed by atoms with E-state index in [2.05, 4.69) is 4.98 Å². The highest BCUT2D eigenvalue weighted by Crippen LogP contribution is 2.17. The number of fused-ring (bicyclic) bond motifs is 1. The summed E-state index contributed by atoms with van der Waals surface area (Å²) in [6.45, 7) is 3.99. The number of hydrogen-bond donors (Lipinski definition) is 1. The molecule has 0 saturated heterocycles. The molecule has 0 atom stereocenters. The number of carbonyl (C=O) groups is 1. The number of aryl methyl sites for hydroxylation is 2. The first-order chi connectivity index (χ1) is 8.40. The Labute approximate surface area is 105 Å². The van der Waals surface area contributed by atoms with Gasteiger partial charge < -0.3 is 9.88 Å². The van der Waals surface area contributed by atoms with Crippen LogP contribution in [0, 0.1) is 13.8 Å². The van der Waals surface area contributed by atoms with Gasteiger partial charge in [0.15, 0.2) is 0 Å². The third-order valence-corrected chi connectivity index (χ3v) is 3.02. The van der Waals surface area contributed by atoms with Crippen molar-refractivity contribution < 1.29 is 4.79 Å². The van der Waals surface area contributed by atoms with Crippen LogP contribution >= 0.6 is 0 Å². The molecule has 1 aromatic carbocycles. The maximum atomic E-state index is 11.9. The van der Waals surface area contributed by atoms with E-state index >= 15 is 0 Å². The molecule has 0 aliphatic heterocycles. The largest absolute Gasteiger partial charge is 0.347 e. The molecule has 1 aromatic heterocycles. The zero-order valence-electron chi connectivity index (χ0n) is 11.1. The summed E-state index contributed by atoms with van der Waals surface area (Å²) in [4.78, 5) is 27.9. The van der Waals surface area contributed by atoms with Crippen molar-refractivity contribution in [2.45, 2.75) is 20.4 Å². The first-order valence-electron chi connectivity index (χ1n) is 5.80. The van der Waals surface area contributed by atoms with Crippen molar-refractivity contribution in [2.24, 2.45) is 0 Å². The molecule has 5 nitrogen and oxygen atoms in total. The van der Waals surface area contributed by atoms with E-state index in [1.807, 2.05) is 26.0 Å². The number of benzene rings is 1. The number of likely N-dealkylation sites (N-methyl/N-ethyl adjacent to an activating group) is 1. The highest BCUT2D eigenvalue weighted by Gasteiger charge is 2.13. The summed E-state index contributed by atoms with van der Waals surface area (Å²) in [7, 11) is 3.36. The molecule has 18 heavy (non-hydrogen) atoms. The van der Waals surface area contributed by atoms with Gasteiger partial charge in [-0.15, -0.1) is 0 Å². The summed E-state index contributed by atoms with van der Waals surface area (Å²) in [5.41, 5.74) is 3.43. The zero-order valence-corrected chi connectivity index (χ0v) is 11.1. The van der Waals surface area contributed by atoms with Crippen LogP contribution in [-0.4, -0.2) is 34.5 Å². The van der Waals surface area contributed by atoms with Gasteiger partial charge in [-0.3, -0.25) is 9.36 Å². The molecule has 5 heteroatoms. The highest BCUT2D eigenvalue weighted by atomic mass is 16.2. The van der Waals surface area contributed by atoms with Crippen LogP contribution in [-0.2, 0) is 11.3 Å². The third-order valence-electron chi connectivity index (χ3n) is 3.02. The average Bonchev–Trinajstić information content (AvgIpc) is 2.57. The zero-order chi connectivity index (χ0) is 13.4. The molecule has 1 amide bonds. The predicted molar refractivity (Wildman–Crippen MR) is 70.7 cm³/mol. The summed E-state index contributed by atoms with van der Waals surface area (Å²) in [5.74, 6) is -0.0999. The van der Waals surface area contributed by atoms with E-state index in [0.29, 0.717) is 0 Å². The van der Waals surface area contributed by atoms with Gasteiger partial charge in [0.2, 0.25) is 5.91 Å². The number of rotatable bonds is 2. The molecule has 0 spiro atoms. The maximum Gasteiger partial charge on any atom is 0.326 e. The first-order valence-corrected chi connectivity index (χ1v) is 5.80. The lowest BCUT2D eigenvalue weighted by atomic mass is 10.1. The van der Waals surface area contributed by atoms with Crippen molar-refractivity contribution in [3.05, 3.63) is 33.7 Å². The SMILES string of the molecule is Cc1cc(C)c2[nH]c(=O)n(CC(=O)N(C)C)c2c1. The highest BCUT2D eigenvalue weighted by molar-refractivity contribution is 5.82. The minimum Gasteiger partial charge on any atom is -0.347 e. The number of aromatic nitrogens is 2. The number of carbonyl (C=O) groups excluding carboxylic acids is 1. The van der Waals surface area contributed by atoms with Crippen molar-refractivity contribution in [3.63, 3.8) is 0 Å². The van der Waals surface area contributed by atoms with Crippen molar-refractivity contribution in [2.75, 3.05) is 14.1 Å². The Morgan fingerprint density at radius 2 is 2.00 bits per heavy atom. The van der Waals surface area contributed by atoms with E-state index in [0.717, 1.165) is 22.2 Å². The van der Waals surface area contributed by atoms with Crippen LogP contribution < -0.4 is 5.69 Å². The van der Waals surface area contributed by atoms with Crippen molar-refractivity contribution in [1.82, 2.24) is 14.5 Å². The molecule has 0 aliphatic carbocycles. The average molecular weight is 247 g/mol. The van der Waals surface area contributed by atoms with Crippen LogP contribution in [0.5, 0.6) is 0 Å². The summed E-state index contributed by atoms with van der Waals surface area (Å²) < 4.78 is 1.48. The summed E-state index contributed by atoms with van der Waals surface area (Å²) >= 11 is 0. The van der Waals surface area contributed by atoms with Crippen LogP contribution in [0.1, 0.15) is 11.1 Å². The Morgan fingerprint density at radius 1 is 1.33 bits per heavy atom. The summed E-state index contributed by atoms with van der Waals surface area (Å²) in [6, 6.07) is 3.93. The van der Waals surface area contributed by atoms with Gasteiger partial charge in [-0.1, -0.05) is 6.07 Å². The topological polar surface area (TPSA) is 58.1 Å². The Kier molecular flexibility index (Phi) is 2.98. The lowest BCUT2D eigenvalue weighted by Gasteiger charge is -2.10. The number of imidazole rings is 1. The van der Waals surface area contributed by atoms with Crippen LogP contribution in [0.4, 0.5) is 0 Å². The van der Waals surface area contributed by atoms with Gasteiger partial charge in [-0.2, -0.15) is 0 Å². The maximum absolute atomic E-state index is 11.9. The minimum atomic E-state index is -0.242. The molecule has 0 saturated carbocycles. The van der Waals surface area contributed by atoms with Gasteiger partial charge in [0.1, 0.15) is 6.54 Å². The van der Waals surface area contributed by atoms with E-state index in [9.17, 15) is 9.59 Å². The van der Waals surface area contributed by atoms with Crippen LogP contribution in [0.15, 0.2) is 16.9 Å². The molecule has 0 radical (unpaired) electrons. The Hall–Kier alpha value is -2.04. The third kappa shape index (κ3) is 2.03. The molecular formula is C13H17N3O2. The standard InChI is InChI=1S/C13H17N3O2/c1-8-5-9(2)12-10(6-8)16(13(18)14-12)7-11(17)15(3)4/h5-6H,7H2,1-4H3,(H,14,18). The van der Waals surface area contributed by atoms with Crippen molar-refractivity contribution in [1.29, 1.82) is 0 Å². The normalized spacial score (nSPS) is 10.9. The molecule has 1 N–H and O–H groups in total. The fourth-order valence-electron chi connectivity index (χ4n) is 2.04. The summed E-state index contributed by atoms with van der Waals surface area (Å²) in [6.07, 6.45) is 0. The number of aromatic amines is 1. The smallest absolute Gasteiger partial charge is 0.326 e.